The molecule has 0 heterocycles. The summed E-state index contributed by atoms with van der Waals surface area (Å²) in [5.74, 6) is 0.0385. The number of carbonyl (C=O) groups excluding carboxylic acids is 1. The second kappa shape index (κ2) is 7.76. The molecular weight excluding hydrogens is 182 g/mol. The second-order valence-electron chi connectivity index (χ2n) is 3.39. The molecule has 0 aromatic carbocycles. The summed E-state index contributed by atoms with van der Waals surface area (Å²) < 4.78 is 4.92. The van der Waals surface area contributed by atoms with Crippen LogP contribution in [0.25, 0.3) is 0 Å². The van der Waals surface area contributed by atoms with E-state index in [4.69, 9.17) is 4.74 Å². The molecule has 14 heavy (non-hydrogen) atoms. The SMILES string of the molecule is CCOCC(=O)NCC(O)C(C)CC. The Kier molecular flexibility index (Phi) is 7.42. The van der Waals surface area contributed by atoms with Gasteiger partial charge in [-0.3, -0.25) is 4.79 Å². The first-order chi connectivity index (χ1) is 6.61. The number of ether oxygens (including phenoxy) is 1. The smallest absolute Gasteiger partial charge is 0.246 e. The minimum Gasteiger partial charge on any atom is -0.391 e. The van der Waals surface area contributed by atoms with Crippen LogP contribution in [0.1, 0.15) is 27.2 Å². The Morgan fingerprint density at radius 1 is 1.50 bits per heavy atom. The van der Waals surface area contributed by atoms with Gasteiger partial charge in [0, 0.05) is 13.2 Å². The van der Waals surface area contributed by atoms with Crippen LogP contribution in [0.3, 0.4) is 0 Å². The van der Waals surface area contributed by atoms with Crippen molar-refractivity contribution in [1.82, 2.24) is 5.32 Å². The lowest BCUT2D eigenvalue weighted by Gasteiger charge is -2.17. The minimum atomic E-state index is -0.467. The number of hydrogen-bond acceptors (Lipinski definition) is 3. The van der Waals surface area contributed by atoms with E-state index in [2.05, 4.69) is 5.32 Å². The monoisotopic (exact) mass is 203 g/mol. The predicted octanol–water partition coefficient (Wildman–Crippen LogP) is 0.546. The van der Waals surface area contributed by atoms with Crippen molar-refractivity contribution >= 4 is 5.91 Å². The van der Waals surface area contributed by atoms with Crippen LogP contribution < -0.4 is 5.32 Å². The van der Waals surface area contributed by atoms with Gasteiger partial charge in [0.15, 0.2) is 0 Å². The fraction of sp³-hybridized carbons (Fsp3) is 0.900. The highest BCUT2D eigenvalue weighted by Crippen LogP contribution is 2.05. The minimum absolute atomic E-state index is 0.0731. The zero-order valence-corrected chi connectivity index (χ0v) is 9.25. The maximum absolute atomic E-state index is 11.1. The van der Waals surface area contributed by atoms with Gasteiger partial charge >= 0.3 is 0 Å². The Morgan fingerprint density at radius 2 is 2.14 bits per heavy atom. The molecule has 1 amide bonds. The summed E-state index contributed by atoms with van der Waals surface area (Å²) in [7, 11) is 0. The lowest BCUT2D eigenvalue weighted by Crippen LogP contribution is -2.37. The number of hydrogen-bond donors (Lipinski definition) is 2. The highest BCUT2D eigenvalue weighted by molar-refractivity contribution is 5.77. The predicted molar refractivity (Wildman–Crippen MR) is 55.0 cm³/mol. The first kappa shape index (κ1) is 13.4. The number of aliphatic hydroxyl groups is 1. The highest BCUT2D eigenvalue weighted by Gasteiger charge is 2.12. The van der Waals surface area contributed by atoms with Crippen LogP contribution in [0, 0.1) is 5.92 Å². The number of amides is 1. The molecule has 0 rings (SSSR count). The second-order valence-corrected chi connectivity index (χ2v) is 3.39. The van der Waals surface area contributed by atoms with Crippen LogP contribution in [0.4, 0.5) is 0 Å². The number of carbonyl (C=O) groups is 1. The van der Waals surface area contributed by atoms with Gasteiger partial charge < -0.3 is 15.2 Å². The van der Waals surface area contributed by atoms with Crippen molar-refractivity contribution < 1.29 is 14.6 Å². The van der Waals surface area contributed by atoms with Crippen molar-refractivity contribution in [1.29, 1.82) is 0 Å². The Labute approximate surface area is 85.6 Å². The largest absolute Gasteiger partial charge is 0.391 e. The van der Waals surface area contributed by atoms with E-state index < -0.39 is 6.10 Å². The third-order valence-corrected chi connectivity index (χ3v) is 2.25. The quantitative estimate of drug-likeness (QED) is 0.635. The van der Waals surface area contributed by atoms with E-state index in [9.17, 15) is 9.90 Å². The molecular formula is C10H21NO3. The van der Waals surface area contributed by atoms with E-state index in [0.717, 1.165) is 6.42 Å². The molecule has 0 spiro atoms. The standard InChI is InChI=1S/C10H21NO3/c1-4-8(3)9(12)6-11-10(13)7-14-5-2/h8-9,12H,4-7H2,1-3H3,(H,11,13). The van der Waals surface area contributed by atoms with Crippen molar-refractivity contribution in [3.63, 3.8) is 0 Å². The molecule has 0 bridgehead atoms. The molecule has 2 unspecified atom stereocenters. The fourth-order valence-electron chi connectivity index (χ4n) is 0.937. The van der Waals surface area contributed by atoms with Crippen LogP contribution >= 0.6 is 0 Å². The average Bonchev–Trinajstić information content (AvgIpc) is 2.21. The Bertz CT molecular complexity index is 161. The van der Waals surface area contributed by atoms with Gasteiger partial charge in [0.25, 0.3) is 0 Å². The topological polar surface area (TPSA) is 58.6 Å². The van der Waals surface area contributed by atoms with Crippen LogP contribution in [0.5, 0.6) is 0 Å². The summed E-state index contributed by atoms with van der Waals surface area (Å²) >= 11 is 0. The molecule has 2 N–H and O–H groups in total. The van der Waals surface area contributed by atoms with Gasteiger partial charge in [-0.1, -0.05) is 20.3 Å². The van der Waals surface area contributed by atoms with Gasteiger partial charge in [-0.2, -0.15) is 0 Å². The van der Waals surface area contributed by atoms with E-state index in [0.29, 0.717) is 13.2 Å². The normalized spacial score (nSPS) is 14.9. The third-order valence-electron chi connectivity index (χ3n) is 2.25. The first-order valence-electron chi connectivity index (χ1n) is 5.14. The molecule has 0 aliphatic rings. The lowest BCUT2D eigenvalue weighted by atomic mass is 10.0. The van der Waals surface area contributed by atoms with Crippen molar-refractivity contribution in [2.24, 2.45) is 5.92 Å². The van der Waals surface area contributed by atoms with Crippen LogP contribution in [-0.2, 0) is 9.53 Å². The average molecular weight is 203 g/mol. The molecule has 0 saturated heterocycles. The summed E-state index contributed by atoms with van der Waals surface area (Å²) in [6.45, 7) is 6.71. The van der Waals surface area contributed by atoms with Gasteiger partial charge in [0.1, 0.15) is 6.61 Å². The molecule has 0 fully saturated rings. The molecule has 0 saturated carbocycles. The Morgan fingerprint density at radius 3 is 2.64 bits per heavy atom. The van der Waals surface area contributed by atoms with Gasteiger partial charge in [0.05, 0.1) is 6.10 Å². The summed E-state index contributed by atoms with van der Waals surface area (Å²) in [4.78, 5) is 11.1. The number of rotatable bonds is 7. The van der Waals surface area contributed by atoms with E-state index in [1.54, 1.807) is 0 Å². The maximum atomic E-state index is 11.1. The molecule has 4 heteroatoms. The molecule has 84 valence electrons. The number of aliphatic hydroxyl groups excluding tert-OH is 1. The molecule has 0 aliphatic carbocycles. The van der Waals surface area contributed by atoms with Crippen LogP contribution in [0.2, 0.25) is 0 Å². The molecule has 0 radical (unpaired) electrons. The molecule has 0 aromatic heterocycles. The zero-order valence-electron chi connectivity index (χ0n) is 9.25. The van der Waals surface area contributed by atoms with E-state index >= 15 is 0 Å². The Hall–Kier alpha value is -0.610. The van der Waals surface area contributed by atoms with E-state index in [1.165, 1.54) is 0 Å². The van der Waals surface area contributed by atoms with Crippen molar-refractivity contribution in [3.8, 4) is 0 Å². The Balaban J connectivity index is 3.55. The van der Waals surface area contributed by atoms with Gasteiger partial charge in [-0.15, -0.1) is 0 Å². The molecule has 0 aromatic rings. The molecule has 2 atom stereocenters. The number of nitrogens with one attached hydrogen (secondary N) is 1. The third kappa shape index (κ3) is 5.94. The van der Waals surface area contributed by atoms with Crippen LogP contribution in [-0.4, -0.2) is 36.9 Å². The van der Waals surface area contributed by atoms with E-state index in [1.807, 2.05) is 20.8 Å². The van der Waals surface area contributed by atoms with Gasteiger partial charge in [0.2, 0.25) is 5.91 Å². The summed E-state index contributed by atoms with van der Waals surface area (Å²) in [5.41, 5.74) is 0. The van der Waals surface area contributed by atoms with Crippen molar-refractivity contribution in [2.45, 2.75) is 33.3 Å². The van der Waals surface area contributed by atoms with Crippen molar-refractivity contribution in [2.75, 3.05) is 19.8 Å². The molecule has 4 nitrogen and oxygen atoms in total. The first-order valence-corrected chi connectivity index (χ1v) is 5.14. The zero-order chi connectivity index (χ0) is 11.0. The molecule has 0 aliphatic heterocycles. The highest BCUT2D eigenvalue weighted by atomic mass is 16.5. The maximum Gasteiger partial charge on any atom is 0.246 e. The fourth-order valence-corrected chi connectivity index (χ4v) is 0.937. The van der Waals surface area contributed by atoms with E-state index in [-0.39, 0.29) is 18.4 Å². The van der Waals surface area contributed by atoms with Crippen molar-refractivity contribution in [3.05, 3.63) is 0 Å². The lowest BCUT2D eigenvalue weighted by molar-refractivity contribution is -0.126. The van der Waals surface area contributed by atoms with Gasteiger partial charge in [-0.05, 0) is 12.8 Å². The summed E-state index contributed by atoms with van der Waals surface area (Å²) in [6.07, 6.45) is 0.438. The van der Waals surface area contributed by atoms with Gasteiger partial charge in [-0.25, -0.2) is 0 Å². The van der Waals surface area contributed by atoms with Crippen LogP contribution in [0.15, 0.2) is 0 Å². The summed E-state index contributed by atoms with van der Waals surface area (Å²) in [5, 5.41) is 12.2. The summed E-state index contributed by atoms with van der Waals surface area (Å²) in [6, 6.07) is 0.